The van der Waals surface area contributed by atoms with Crippen LogP contribution < -0.4 is 4.90 Å². The van der Waals surface area contributed by atoms with Crippen LogP contribution in [0.1, 0.15) is 55.6 Å². The number of ether oxygens (including phenoxy) is 1. The Kier molecular flexibility index (Phi) is 6.98. The van der Waals surface area contributed by atoms with Crippen molar-refractivity contribution in [2.75, 3.05) is 25.1 Å². The van der Waals surface area contributed by atoms with Gasteiger partial charge in [-0.1, -0.05) is 26.7 Å². The second-order valence-corrected chi connectivity index (χ2v) is 4.62. The Labute approximate surface area is 121 Å². The standard InChI is InChI=1S/C13H19N3O2.C2H6/c1-10-9-11(13(17)18-2)12(15-14-10)16-7-5-3-4-6-8-16;1-2/h9H,3-8H2,1-2H3;1-2H3. The Morgan fingerprint density at radius 2 is 1.75 bits per heavy atom. The molecule has 20 heavy (non-hydrogen) atoms. The van der Waals surface area contributed by atoms with E-state index in [0.717, 1.165) is 31.6 Å². The first kappa shape index (κ1) is 16.4. The molecule has 2 rings (SSSR count). The van der Waals surface area contributed by atoms with Crippen molar-refractivity contribution in [3.63, 3.8) is 0 Å². The quantitative estimate of drug-likeness (QED) is 0.779. The number of anilines is 1. The first-order valence-electron chi connectivity index (χ1n) is 7.40. The zero-order valence-electron chi connectivity index (χ0n) is 13.0. The molecule has 0 N–H and O–H groups in total. The van der Waals surface area contributed by atoms with E-state index in [9.17, 15) is 4.79 Å². The van der Waals surface area contributed by atoms with Crippen LogP contribution in [0.3, 0.4) is 0 Å². The van der Waals surface area contributed by atoms with Gasteiger partial charge in [-0.05, 0) is 25.8 Å². The van der Waals surface area contributed by atoms with E-state index in [2.05, 4.69) is 15.1 Å². The van der Waals surface area contributed by atoms with Crippen molar-refractivity contribution < 1.29 is 9.53 Å². The first-order valence-corrected chi connectivity index (χ1v) is 7.40. The molecule has 2 heterocycles. The smallest absolute Gasteiger partial charge is 0.341 e. The van der Waals surface area contributed by atoms with Gasteiger partial charge in [0.15, 0.2) is 5.82 Å². The average Bonchev–Trinajstić information content (AvgIpc) is 2.77. The molecule has 0 aliphatic carbocycles. The number of hydrogen-bond acceptors (Lipinski definition) is 5. The lowest BCUT2D eigenvalue weighted by molar-refractivity contribution is 0.0600. The van der Waals surface area contributed by atoms with Gasteiger partial charge in [-0.2, -0.15) is 5.10 Å². The van der Waals surface area contributed by atoms with Crippen molar-refractivity contribution in [2.45, 2.75) is 46.5 Å². The summed E-state index contributed by atoms with van der Waals surface area (Å²) >= 11 is 0. The lowest BCUT2D eigenvalue weighted by Crippen LogP contribution is -2.27. The van der Waals surface area contributed by atoms with Crippen LogP contribution in [0.2, 0.25) is 0 Å². The Morgan fingerprint density at radius 1 is 1.15 bits per heavy atom. The fourth-order valence-corrected chi connectivity index (χ4v) is 2.26. The molecule has 0 unspecified atom stereocenters. The Morgan fingerprint density at radius 3 is 2.30 bits per heavy atom. The second-order valence-electron chi connectivity index (χ2n) is 4.62. The largest absolute Gasteiger partial charge is 0.465 e. The third-order valence-electron chi connectivity index (χ3n) is 3.21. The van der Waals surface area contributed by atoms with Gasteiger partial charge in [-0.3, -0.25) is 0 Å². The van der Waals surface area contributed by atoms with Crippen molar-refractivity contribution in [1.29, 1.82) is 0 Å². The molecule has 1 aliphatic rings. The van der Waals surface area contributed by atoms with Gasteiger partial charge in [-0.15, -0.1) is 5.10 Å². The van der Waals surface area contributed by atoms with Gasteiger partial charge in [0.2, 0.25) is 0 Å². The maximum atomic E-state index is 11.8. The summed E-state index contributed by atoms with van der Waals surface area (Å²) in [7, 11) is 1.39. The molecule has 0 spiro atoms. The predicted molar refractivity (Wildman–Crippen MR) is 80.1 cm³/mol. The van der Waals surface area contributed by atoms with Crippen LogP contribution in [0.5, 0.6) is 0 Å². The van der Waals surface area contributed by atoms with E-state index in [0.29, 0.717) is 11.4 Å². The fraction of sp³-hybridized carbons (Fsp3) is 0.667. The number of aromatic nitrogens is 2. The number of methoxy groups -OCH3 is 1. The van der Waals surface area contributed by atoms with E-state index in [4.69, 9.17) is 4.74 Å². The van der Waals surface area contributed by atoms with Gasteiger partial charge in [0.05, 0.1) is 12.8 Å². The lowest BCUT2D eigenvalue weighted by Gasteiger charge is -2.22. The van der Waals surface area contributed by atoms with E-state index in [1.165, 1.54) is 20.0 Å². The van der Waals surface area contributed by atoms with E-state index < -0.39 is 0 Å². The number of esters is 1. The van der Waals surface area contributed by atoms with Crippen LogP contribution in [0.4, 0.5) is 5.82 Å². The van der Waals surface area contributed by atoms with Crippen molar-refractivity contribution >= 4 is 11.8 Å². The summed E-state index contributed by atoms with van der Waals surface area (Å²) in [6, 6.07) is 1.75. The molecule has 1 fully saturated rings. The van der Waals surface area contributed by atoms with Gasteiger partial charge < -0.3 is 9.64 Å². The van der Waals surface area contributed by atoms with Crippen LogP contribution in [-0.2, 0) is 4.74 Å². The number of hydrogen-bond donors (Lipinski definition) is 0. The molecular formula is C15H25N3O2. The van der Waals surface area contributed by atoms with Crippen molar-refractivity contribution in [3.8, 4) is 0 Å². The third-order valence-corrected chi connectivity index (χ3v) is 3.21. The van der Waals surface area contributed by atoms with Crippen LogP contribution in [0, 0.1) is 6.92 Å². The summed E-state index contributed by atoms with van der Waals surface area (Å²) in [6.45, 7) is 7.69. The molecule has 0 radical (unpaired) electrons. The number of carbonyl (C=O) groups excluding carboxylic acids is 1. The molecule has 112 valence electrons. The molecule has 0 aromatic carbocycles. The van der Waals surface area contributed by atoms with Crippen molar-refractivity contribution in [1.82, 2.24) is 10.2 Å². The highest BCUT2D eigenvalue weighted by Gasteiger charge is 2.20. The van der Waals surface area contributed by atoms with Gasteiger partial charge in [-0.25, -0.2) is 4.79 Å². The van der Waals surface area contributed by atoms with Gasteiger partial charge in [0, 0.05) is 13.1 Å². The summed E-state index contributed by atoms with van der Waals surface area (Å²) in [5.74, 6) is 0.321. The van der Waals surface area contributed by atoms with Gasteiger partial charge >= 0.3 is 5.97 Å². The lowest BCUT2D eigenvalue weighted by atomic mass is 10.2. The molecule has 0 atom stereocenters. The Hall–Kier alpha value is -1.65. The van der Waals surface area contributed by atoms with E-state index in [1.807, 2.05) is 20.8 Å². The summed E-state index contributed by atoms with van der Waals surface area (Å²) < 4.78 is 4.82. The molecular weight excluding hydrogens is 254 g/mol. The fourth-order valence-electron chi connectivity index (χ4n) is 2.26. The molecule has 1 aromatic heterocycles. The summed E-state index contributed by atoms with van der Waals surface area (Å²) in [5.41, 5.74) is 1.25. The highest BCUT2D eigenvalue weighted by Crippen LogP contribution is 2.22. The van der Waals surface area contributed by atoms with Crippen LogP contribution in [0.25, 0.3) is 0 Å². The maximum Gasteiger partial charge on any atom is 0.341 e. The number of rotatable bonds is 2. The van der Waals surface area contributed by atoms with Gasteiger partial charge in [0.25, 0.3) is 0 Å². The number of carbonyl (C=O) groups is 1. The minimum Gasteiger partial charge on any atom is -0.465 e. The first-order chi connectivity index (χ1) is 9.72. The number of aryl methyl sites for hydroxylation is 1. The normalized spacial score (nSPS) is 14.9. The van der Waals surface area contributed by atoms with Crippen molar-refractivity contribution in [3.05, 3.63) is 17.3 Å². The van der Waals surface area contributed by atoms with Crippen molar-refractivity contribution in [2.24, 2.45) is 0 Å². The van der Waals surface area contributed by atoms with Crippen LogP contribution >= 0.6 is 0 Å². The Balaban J connectivity index is 0.000000956. The zero-order chi connectivity index (χ0) is 15.0. The molecule has 0 saturated carbocycles. The summed E-state index contributed by atoms with van der Waals surface area (Å²) in [4.78, 5) is 13.9. The molecule has 1 aromatic rings. The highest BCUT2D eigenvalue weighted by atomic mass is 16.5. The topological polar surface area (TPSA) is 55.3 Å². The predicted octanol–water partition coefficient (Wildman–Crippen LogP) is 2.98. The molecule has 0 bridgehead atoms. The molecule has 5 nitrogen and oxygen atoms in total. The zero-order valence-corrected chi connectivity index (χ0v) is 13.0. The average molecular weight is 279 g/mol. The monoisotopic (exact) mass is 279 g/mol. The SMILES string of the molecule is CC.COC(=O)c1cc(C)nnc1N1CCCCCC1. The van der Waals surface area contributed by atoms with Crippen LogP contribution in [-0.4, -0.2) is 36.4 Å². The maximum absolute atomic E-state index is 11.8. The molecule has 0 amide bonds. The van der Waals surface area contributed by atoms with Gasteiger partial charge in [0.1, 0.15) is 5.56 Å². The van der Waals surface area contributed by atoms with E-state index in [1.54, 1.807) is 6.07 Å². The third kappa shape index (κ3) is 4.18. The highest BCUT2D eigenvalue weighted by molar-refractivity contribution is 5.94. The second kappa shape index (κ2) is 8.51. The summed E-state index contributed by atoms with van der Waals surface area (Å²) in [6.07, 6.45) is 4.75. The molecule has 5 heteroatoms. The summed E-state index contributed by atoms with van der Waals surface area (Å²) in [5, 5.41) is 8.25. The minimum atomic E-state index is -0.341. The number of nitrogens with zero attached hydrogens (tertiary/aromatic N) is 3. The van der Waals surface area contributed by atoms with E-state index in [-0.39, 0.29) is 5.97 Å². The van der Waals surface area contributed by atoms with E-state index >= 15 is 0 Å². The molecule has 1 saturated heterocycles. The van der Waals surface area contributed by atoms with Crippen LogP contribution in [0.15, 0.2) is 6.07 Å². The Bertz CT molecular complexity index is 427. The molecule has 1 aliphatic heterocycles. The minimum absolute atomic E-state index is 0.341.